The van der Waals surface area contributed by atoms with Gasteiger partial charge in [0.15, 0.2) is 0 Å². The second kappa shape index (κ2) is 6.84. The molecular weight excluding hydrogens is 372 g/mol. The fraction of sp³-hybridized carbons (Fsp3) is 0.182. The molecule has 3 aromatic heterocycles. The lowest BCUT2D eigenvalue weighted by Gasteiger charge is -2.30. The van der Waals surface area contributed by atoms with Crippen molar-refractivity contribution in [2.45, 2.75) is 19.9 Å². The number of benzene rings is 1. The first-order valence-corrected chi connectivity index (χ1v) is 9.34. The Morgan fingerprint density at radius 3 is 2.72 bits per heavy atom. The van der Waals surface area contributed by atoms with Gasteiger partial charge in [0.1, 0.15) is 18.0 Å². The lowest BCUT2D eigenvalue weighted by Crippen LogP contribution is -2.31. The van der Waals surface area contributed by atoms with Gasteiger partial charge in [-0.1, -0.05) is 0 Å². The highest BCUT2D eigenvalue weighted by molar-refractivity contribution is 5.89. The fourth-order valence-electron chi connectivity index (χ4n) is 3.85. The van der Waals surface area contributed by atoms with E-state index >= 15 is 0 Å². The number of pyridine rings is 2. The molecule has 1 aliphatic heterocycles. The van der Waals surface area contributed by atoms with Gasteiger partial charge >= 0.3 is 0 Å². The molecule has 1 aromatic carbocycles. The molecule has 4 aromatic rings. The summed E-state index contributed by atoms with van der Waals surface area (Å²) in [6.07, 6.45) is 5.62. The highest BCUT2D eigenvalue weighted by Gasteiger charge is 2.21. The summed E-state index contributed by atoms with van der Waals surface area (Å²) in [4.78, 5) is 19.2. The molecule has 4 heterocycles. The molecule has 0 N–H and O–H groups in total. The van der Waals surface area contributed by atoms with Crippen molar-refractivity contribution in [3.8, 4) is 11.1 Å². The van der Waals surface area contributed by atoms with Crippen LogP contribution in [0, 0.1) is 18.7 Å². The molecule has 0 radical (unpaired) electrons. The second-order valence-corrected chi connectivity index (χ2v) is 7.18. The number of aryl methyl sites for hydroxylation is 1. The minimum atomic E-state index is -0.494. The zero-order valence-electron chi connectivity index (χ0n) is 15.7. The van der Waals surface area contributed by atoms with E-state index in [0.717, 1.165) is 40.9 Å². The highest BCUT2D eigenvalue weighted by atomic mass is 19.1. The Kier molecular flexibility index (Phi) is 4.16. The van der Waals surface area contributed by atoms with E-state index in [1.807, 2.05) is 13.1 Å². The average Bonchev–Trinajstić information content (AvgIpc) is 2.72. The first-order chi connectivity index (χ1) is 14.1. The summed E-state index contributed by atoms with van der Waals surface area (Å²) in [5.74, 6) is -0.0920. The first-order valence-electron chi connectivity index (χ1n) is 9.34. The highest BCUT2D eigenvalue weighted by Crippen LogP contribution is 2.30. The molecule has 1 aliphatic rings. The van der Waals surface area contributed by atoms with Crippen LogP contribution in [-0.4, -0.2) is 26.5 Å². The number of aromatic nitrogens is 4. The molecule has 0 bridgehead atoms. The van der Waals surface area contributed by atoms with Crippen molar-refractivity contribution in [1.82, 2.24) is 19.9 Å². The van der Waals surface area contributed by atoms with Crippen molar-refractivity contribution in [2.24, 2.45) is 0 Å². The van der Waals surface area contributed by atoms with Crippen molar-refractivity contribution in [2.75, 3.05) is 11.4 Å². The fourth-order valence-corrected chi connectivity index (χ4v) is 3.85. The summed E-state index contributed by atoms with van der Waals surface area (Å²) in [7, 11) is 0. The van der Waals surface area contributed by atoms with Crippen LogP contribution >= 0.6 is 0 Å². The molecule has 5 nitrogen and oxygen atoms in total. The normalized spacial score (nSPS) is 13.6. The molecule has 0 aliphatic carbocycles. The summed E-state index contributed by atoms with van der Waals surface area (Å²) in [5, 5.41) is 0.693. The third kappa shape index (κ3) is 3.18. The summed E-state index contributed by atoms with van der Waals surface area (Å²) in [6, 6.07) is 8.03. The minimum Gasteiger partial charge on any atom is -0.351 e. The monoisotopic (exact) mass is 389 g/mol. The van der Waals surface area contributed by atoms with Gasteiger partial charge in [0.2, 0.25) is 5.95 Å². The van der Waals surface area contributed by atoms with Crippen molar-refractivity contribution < 1.29 is 8.78 Å². The first kappa shape index (κ1) is 17.6. The predicted octanol–water partition coefficient (Wildman–Crippen LogP) is 4.24. The Balaban J connectivity index is 1.53. The Bertz CT molecular complexity index is 1240. The number of anilines is 1. The van der Waals surface area contributed by atoms with E-state index in [1.165, 1.54) is 30.7 Å². The lowest BCUT2D eigenvalue weighted by atomic mass is 9.99. The maximum Gasteiger partial charge on any atom is 0.213 e. The smallest absolute Gasteiger partial charge is 0.213 e. The predicted molar refractivity (Wildman–Crippen MR) is 106 cm³/mol. The molecule has 0 saturated carbocycles. The molecule has 7 heteroatoms. The van der Waals surface area contributed by atoms with E-state index in [4.69, 9.17) is 0 Å². The maximum absolute atomic E-state index is 13.8. The maximum atomic E-state index is 13.8. The van der Waals surface area contributed by atoms with Crippen LogP contribution in [0.25, 0.3) is 22.0 Å². The van der Waals surface area contributed by atoms with Crippen LogP contribution in [0.2, 0.25) is 0 Å². The van der Waals surface area contributed by atoms with Gasteiger partial charge < -0.3 is 4.90 Å². The summed E-state index contributed by atoms with van der Waals surface area (Å²) in [6.45, 7) is 3.19. The molecule has 0 amide bonds. The van der Waals surface area contributed by atoms with Gasteiger partial charge in [0.25, 0.3) is 0 Å². The molecule has 5 rings (SSSR count). The van der Waals surface area contributed by atoms with Crippen LogP contribution in [0.15, 0.2) is 49.1 Å². The van der Waals surface area contributed by atoms with Crippen LogP contribution in [0.3, 0.4) is 0 Å². The van der Waals surface area contributed by atoms with E-state index in [9.17, 15) is 8.78 Å². The van der Waals surface area contributed by atoms with E-state index in [-0.39, 0.29) is 5.82 Å². The molecule has 0 atom stereocenters. The van der Waals surface area contributed by atoms with Crippen LogP contribution in [0.4, 0.5) is 14.6 Å². The summed E-state index contributed by atoms with van der Waals surface area (Å²) in [5.41, 5.74) is 5.37. The van der Waals surface area contributed by atoms with Crippen molar-refractivity contribution in [1.29, 1.82) is 0 Å². The standard InChI is InChI=1S/C22H17F2N5/c1-13-6-21(24)26-10-18(13)14-7-15-11-29(5-4-19(15)25-9-14)22-17-8-16(23)2-3-20(17)27-12-28-22/h2-3,6-10,12H,4-5,11H2,1H3. The number of nitrogens with zero attached hydrogens (tertiary/aromatic N) is 5. The number of fused-ring (bicyclic) bond motifs is 2. The van der Waals surface area contributed by atoms with E-state index in [0.29, 0.717) is 23.3 Å². The van der Waals surface area contributed by atoms with E-state index in [1.54, 1.807) is 6.07 Å². The molecule has 29 heavy (non-hydrogen) atoms. The van der Waals surface area contributed by atoms with Crippen LogP contribution < -0.4 is 4.90 Å². The number of halogens is 2. The lowest BCUT2D eigenvalue weighted by molar-refractivity contribution is 0.583. The SMILES string of the molecule is Cc1cc(F)ncc1-c1cnc2c(c1)CN(c1ncnc3ccc(F)cc13)CC2. The van der Waals surface area contributed by atoms with Gasteiger partial charge in [-0.15, -0.1) is 0 Å². The van der Waals surface area contributed by atoms with Crippen LogP contribution in [-0.2, 0) is 13.0 Å². The van der Waals surface area contributed by atoms with Crippen molar-refractivity contribution >= 4 is 16.7 Å². The van der Waals surface area contributed by atoms with Gasteiger partial charge in [-0.05, 0) is 48.4 Å². The van der Waals surface area contributed by atoms with Gasteiger partial charge in [-0.3, -0.25) is 4.98 Å². The minimum absolute atomic E-state index is 0.311. The Morgan fingerprint density at radius 2 is 1.86 bits per heavy atom. The molecule has 0 unspecified atom stereocenters. The van der Waals surface area contributed by atoms with Crippen molar-refractivity contribution in [3.05, 3.63) is 77.6 Å². The molecule has 0 fully saturated rings. The van der Waals surface area contributed by atoms with E-state index < -0.39 is 5.95 Å². The summed E-state index contributed by atoms with van der Waals surface area (Å²) >= 11 is 0. The third-order valence-electron chi connectivity index (χ3n) is 5.30. The van der Waals surface area contributed by atoms with Gasteiger partial charge in [-0.2, -0.15) is 4.39 Å². The van der Waals surface area contributed by atoms with Crippen LogP contribution in [0.5, 0.6) is 0 Å². The number of rotatable bonds is 2. The Hall–Kier alpha value is -3.48. The number of hydrogen-bond donors (Lipinski definition) is 0. The zero-order chi connectivity index (χ0) is 20.0. The van der Waals surface area contributed by atoms with Gasteiger partial charge in [0, 0.05) is 54.1 Å². The topological polar surface area (TPSA) is 54.8 Å². The van der Waals surface area contributed by atoms with Crippen molar-refractivity contribution in [3.63, 3.8) is 0 Å². The molecule has 0 spiro atoms. The third-order valence-corrected chi connectivity index (χ3v) is 5.30. The quantitative estimate of drug-likeness (QED) is 0.480. The average molecular weight is 389 g/mol. The molecular formula is C22H17F2N5. The number of hydrogen-bond acceptors (Lipinski definition) is 5. The van der Waals surface area contributed by atoms with Gasteiger partial charge in [-0.25, -0.2) is 19.3 Å². The summed E-state index contributed by atoms with van der Waals surface area (Å²) < 4.78 is 27.2. The zero-order valence-corrected chi connectivity index (χ0v) is 15.7. The Morgan fingerprint density at radius 1 is 0.966 bits per heavy atom. The molecule has 144 valence electrons. The Labute approximate surface area is 166 Å². The van der Waals surface area contributed by atoms with Crippen LogP contribution in [0.1, 0.15) is 16.8 Å². The van der Waals surface area contributed by atoms with Gasteiger partial charge in [0.05, 0.1) is 5.52 Å². The largest absolute Gasteiger partial charge is 0.351 e. The van der Waals surface area contributed by atoms with E-state index in [2.05, 4.69) is 30.9 Å². The molecule has 0 saturated heterocycles. The second-order valence-electron chi connectivity index (χ2n) is 7.18.